The first-order valence-electron chi connectivity index (χ1n) is 11.7. The van der Waals surface area contributed by atoms with Gasteiger partial charge in [-0.05, 0) is 47.9 Å². The predicted octanol–water partition coefficient (Wildman–Crippen LogP) is 5.12. The van der Waals surface area contributed by atoms with Crippen LogP contribution < -0.4 is 14.9 Å². The molecule has 0 spiro atoms. The Bertz CT molecular complexity index is 1430. The third kappa shape index (κ3) is 4.14. The highest BCUT2D eigenvalue weighted by molar-refractivity contribution is 5.99. The lowest BCUT2D eigenvalue weighted by Gasteiger charge is -2.26. The highest BCUT2D eigenvalue weighted by Crippen LogP contribution is 2.41. The molecule has 0 saturated heterocycles. The van der Waals surface area contributed by atoms with Crippen LogP contribution in [0.1, 0.15) is 53.1 Å². The smallest absolute Gasteiger partial charge is 0.291 e. The third-order valence-corrected chi connectivity index (χ3v) is 6.21. The maximum absolute atomic E-state index is 13.6. The van der Waals surface area contributed by atoms with E-state index >= 15 is 0 Å². The van der Waals surface area contributed by atoms with Gasteiger partial charge in [0.1, 0.15) is 5.58 Å². The number of carbonyl (C=O) groups is 1. The third-order valence-electron chi connectivity index (χ3n) is 6.21. The molecule has 0 fully saturated rings. The fraction of sp³-hybridized carbons (Fsp3) is 0.250. The Labute approximate surface area is 202 Å². The number of pyridine rings is 1. The number of amides is 1. The van der Waals surface area contributed by atoms with Crippen molar-refractivity contribution in [1.29, 1.82) is 0 Å². The average molecular weight is 471 g/mol. The number of fused-ring (bicyclic) bond motifs is 2. The molecular formula is C28H26N2O5. The minimum absolute atomic E-state index is 0.0739. The first-order valence-corrected chi connectivity index (χ1v) is 11.7. The number of hydrogen-bond acceptors (Lipinski definition) is 6. The molecule has 1 amide bonds. The molecule has 4 aromatic rings. The molecule has 7 heteroatoms. The zero-order chi connectivity index (χ0) is 24.4. The van der Waals surface area contributed by atoms with Gasteiger partial charge in [0.05, 0.1) is 30.7 Å². The van der Waals surface area contributed by atoms with E-state index in [-0.39, 0.29) is 23.6 Å². The van der Waals surface area contributed by atoms with E-state index < -0.39 is 6.04 Å². The lowest BCUT2D eigenvalue weighted by molar-refractivity contribution is 0.0714. The summed E-state index contributed by atoms with van der Waals surface area (Å²) < 4.78 is 17.5. The fourth-order valence-electron chi connectivity index (χ4n) is 4.47. The Morgan fingerprint density at radius 1 is 1.06 bits per heavy atom. The number of nitrogens with zero attached hydrogens (tertiary/aromatic N) is 2. The number of hydrogen-bond donors (Lipinski definition) is 0. The Morgan fingerprint density at radius 2 is 1.91 bits per heavy atom. The molecule has 2 aromatic carbocycles. The minimum Gasteiger partial charge on any atom is -0.493 e. The normalized spacial score (nSPS) is 14.9. The number of unbranched alkanes of at least 4 members (excludes halogenated alkanes) is 1. The van der Waals surface area contributed by atoms with Crippen LogP contribution in [0.3, 0.4) is 0 Å². The number of benzene rings is 2. The topological polar surface area (TPSA) is 81.9 Å². The molecule has 35 heavy (non-hydrogen) atoms. The molecule has 0 bridgehead atoms. The molecule has 2 aromatic heterocycles. The molecular weight excluding hydrogens is 444 g/mol. The van der Waals surface area contributed by atoms with E-state index in [0.717, 1.165) is 24.0 Å². The van der Waals surface area contributed by atoms with Gasteiger partial charge in [-0.3, -0.25) is 14.6 Å². The van der Waals surface area contributed by atoms with Gasteiger partial charge < -0.3 is 18.8 Å². The van der Waals surface area contributed by atoms with Gasteiger partial charge in [0.15, 0.2) is 16.9 Å². The van der Waals surface area contributed by atoms with E-state index in [1.165, 1.54) is 0 Å². The molecule has 178 valence electrons. The van der Waals surface area contributed by atoms with Crippen molar-refractivity contribution in [1.82, 2.24) is 9.88 Å². The number of carbonyl (C=O) groups excluding carboxylic acids is 1. The summed E-state index contributed by atoms with van der Waals surface area (Å²) in [5.74, 6) is 0.911. The van der Waals surface area contributed by atoms with E-state index in [2.05, 4.69) is 11.9 Å². The molecule has 1 aliphatic rings. The number of ether oxygens (including phenoxy) is 2. The van der Waals surface area contributed by atoms with Crippen molar-refractivity contribution in [2.45, 2.75) is 32.4 Å². The fourth-order valence-corrected chi connectivity index (χ4v) is 4.47. The maximum atomic E-state index is 13.6. The van der Waals surface area contributed by atoms with Crippen molar-refractivity contribution < 1.29 is 18.7 Å². The van der Waals surface area contributed by atoms with Crippen molar-refractivity contribution in [3.05, 3.63) is 99.7 Å². The van der Waals surface area contributed by atoms with Crippen LogP contribution in [0.25, 0.3) is 11.0 Å². The Kier molecular flexibility index (Phi) is 6.23. The molecule has 3 heterocycles. The van der Waals surface area contributed by atoms with Crippen molar-refractivity contribution in [2.24, 2.45) is 0 Å². The van der Waals surface area contributed by atoms with E-state index in [9.17, 15) is 9.59 Å². The molecule has 5 rings (SSSR count). The predicted molar refractivity (Wildman–Crippen MR) is 132 cm³/mol. The van der Waals surface area contributed by atoms with Gasteiger partial charge in [0, 0.05) is 18.9 Å². The second-order valence-corrected chi connectivity index (χ2v) is 8.48. The van der Waals surface area contributed by atoms with Gasteiger partial charge in [0.2, 0.25) is 5.76 Å². The highest BCUT2D eigenvalue weighted by Gasteiger charge is 2.43. The Morgan fingerprint density at radius 3 is 2.69 bits per heavy atom. The average Bonchev–Trinajstić information content (AvgIpc) is 3.16. The summed E-state index contributed by atoms with van der Waals surface area (Å²) in [5, 5.41) is 0.443. The number of para-hydroxylation sites is 1. The lowest BCUT2D eigenvalue weighted by Crippen LogP contribution is -2.29. The second-order valence-electron chi connectivity index (χ2n) is 8.48. The van der Waals surface area contributed by atoms with Gasteiger partial charge in [-0.1, -0.05) is 37.6 Å². The van der Waals surface area contributed by atoms with Crippen LogP contribution >= 0.6 is 0 Å². The number of rotatable bonds is 8. The summed E-state index contributed by atoms with van der Waals surface area (Å²) >= 11 is 0. The number of methoxy groups -OCH3 is 1. The van der Waals surface area contributed by atoms with Crippen LogP contribution in [-0.2, 0) is 6.54 Å². The molecule has 0 radical (unpaired) electrons. The van der Waals surface area contributed by atoms with E-state index in [1.54, 1.807) is 48.7 Å². The summed E-state index contributed by atoms with van der Waals surface area (Å²) in [6.45, 7) is 2.96. The second kappa shape index (κ2) is 9.62. The minimum atomic E-state index is -0.642. The zero-order valence-corrected chi connectivity index (χ0v) is 19.7. The van der Waals surface area contributed by atoms with Crippen LogP contribution in [0.15, 0.2) is 76.2 Å². The Hall–Kier alpha value is -4.13. The lowest BCUT2D eigenvalue weighted by atomic mass is 9.98. The quantitative estimate of drug-likeness (QED) is 0.333. The van der Waals surface area contributed by atoms with Crippen LogP contribution in [-0.4, -0.2) is 29.5 Å². The molecule has 0 N–H and O–H groups in total. The highest BCUT2D eigenvalue weighted by atomic mass is 16.5. The molecule has 7 nitrogen and oxygen atoms in total. The van der Waals surface area contributed by atoms with E-state index in [4.69, 9.17) is 13.9 Å². The standard InChI is InChI=1S/C28H26N2O5/c1-3-4-14-34-22-12-11-19(15-23(22)33-2)25-24-26(31)20-9-5-6-10-21(20)35-27(24)28(32)30(25)17-18-8-7-13-29-16-18/h5-13,15-16,25H,3-4,14,17H2,1-2H3/t25-/m0/s1. The summed E-state index contributed by atoms with van der Waals surface area (Å²) in [4.78, 5) is 33.1. The van der Waals surface area contributed by atoms with Crippen LogP contribution in [0, 0.1) is 0 Å². The molecule has 0 unspecified atom stereocenters. The monoisotopic (exact) mass is 470 g/mol. The largest absolute Gasteiger partial charge is 0.493 e. The van der Waals surface area contributed by atoms with Crippen molar-refractivity contribution in [3.63, 3.8) is 0 Å². The maximum Gasteiger partial charge on any atom is 0.291 e. The van der Waals surface area contributed by atoms with Crippen molar-refractivity contribution >= 4 is 16.9 Å². The van der Waals surface area contributed by atoms with E-state index in [0.29, 0.717) is 34.6 Å². The first-order chi connectivity index (χ1) is 17.1. The SMILES string of the molecule is CCCCOc1ccc([C@H]2c3c(oc4ccccc4c3=O)C(=O)N2Cc2cccnc2)cc1OC. The van der Waals surface area contributed by atoms with Crippen molar-refractivity contribution in [2.75, 3.05) is 13.7 Å². The summed E-state index contributed by atoms with van der Waals surface area (Å²) in [7, 11) is 1.58. The molecule has 0 aliphatic carbocycles. The molecule has 1 atom stereocenters. The Balaban J connectivity index is 1.65. The zero-order valence-electron chi connectivity index (χ0n) is 19.7. The van der Waals surface area contributed by atoms with Gasteiger partial charge in [-0.25, -0.2) is 0 Å². The summed E-state index contributed by atoms with van der Waals surface area (Å²) in [6, 6.07) is 15.6. The van der Waals surface area contributed by atoms with Gasteiger partial charge in [0.25, 0.3) is 5.91 Å². The molecule has 1 aliphatic heterocycles. The van der Waals surface area contributed by atoms with E-state index in [1.807, 2.05) is 30.3 Å². The van der Waals surface area contributed by atoms with Crippen LogP contribution in [0.4, 0.5) is 0 Å². The van der Waals surface area contributed by atoms with Crippen LogP contribution in [0.5, 0.6) is 11.5 Å². The van der Waals surface area contributed by atoms with Crippen LogP contribution in [0.2, 0.25) is 0 Å². The van der Waals surface area contributed by atoms with Gasteiger partial charge in [-0.2, -0.15) is 0 Å². The van der Waals surface area contributed by atoms with Gasteiger partial charge in [-0.15, -0.1) is 0 Å². The van der Waals surface area contributed by atoms with Crippen molar-refractivity contribution in [3.8, 4) is 11.5 Å². The molecule has 0 saturated carbocycles. The first kappa shape index (κ1) is 22.7. The van der Waals surface area contributed by atoms with Gasteiger partial charge >= 0.3 is 0 Å². The summed E-state index contributed by atoms with van der Waals surface area (Å²) in [5.41, 5.74) is 2.10. The summed E-state index contributed by atoms with van der Waals surface area (Å²) in [6.07, 6.45) is 5.35. The number of aromatic nitrogens is 1.